The number of nitrogens with one attached hydrogen (secondary N) is 1. The second kappa shape index (κ2) is 3.85. The number of nitrogen functional groups attached to an aromatic ring is 1. The molecule has 7 nitrogen and oxygen atoms in total. The Balaban J connectivity index is 2.13. The molecule has 1 fully saturated rings. The topological polar surface area (TPSA) is 98.8 Å². The molecule has 3 heterocycles. The van der Waals surface area contributed by atoms with E-state index in [1.165, 1.54) is 0 Å². The number of anilines is 1. The van der Waals surface area contributed by atoms with Crippen molar-refractivity contribution in [3.05, 3.63) is 16.7 Å². The highest BCUT2D eigenvalue weighted by Crippen LogP contribution is 2.25. The largest absolute Gasteiger partial charge is 0.384 e. The number of H-pyrrole nitrogens is 1. The Morgan fingerprint density at radius 2 is 2.41 bits per heavy atom. The van der Waals surface area contributed by atoms with E-state index in [1.54, 1.807) is 10.9 Å². The van der Waals surface area contributed by atoms with Gasteiger partial charge in [0.15, 0.2) is 11.9 Å². The average Bonchev–Trinajstić information content (AvgIpc) is 2.74. The molecular weight excluding hydrogens is 222 g/mol. The lowest BCUT2D eigenvalue weighted by atomic mass is 10.2. The van der Waals surface area contributed by atoms with Crippen LogP contribution in [0.15, 0.2) is 11.0 Å². The quantitative estimate of drug-likeness (QED) is 0.745. The molecule has 2 aromatic rings. The number of ether oxygens (including phenoxy) is 1. The highest BCUT2D eigenvalue weighted by molar-refractivity contribution is 5.84. The Hall–Kier alpha value is -1.89. The molecule has 7 heteroatoms. The van der Waals surface area contributed by atoms with Gasteiger partial charge in [-0.25, -0.2) is 9.48 Å². The van der Waals surface area contributed by atoms with Crippen LogP contribution in [0.4, 0.5) is 5.82 Å². The second-order valence-corrected chi connectivity index (χ2v) is 4.10. The maximum atomic E-state index is 11.3. The van der Waals surface area contributed by atoms with Gasteiger partial charge in [-0.1, -0.05) is 0 Å². The summed E-state index contributed by atoms with van der Waals surface area (Å²) in [6.07, 6.45) is 4.49. The first kappa shape index (κ1) is 10.3. The minimum absolute atomic E-state index is 0.144. The van der Waals surface area contributed by atoms with E-state index in [-0.39, 0.29) is 6.23 Å². The fraction of sp³-hybridized carbons (Fsp3) is 0.500. The van der Waals surface area contributed by atoms with Crippen molar-refractivity contribution in [1.29, 1.82) is 0 Å². The van der Waals surface area contributed by atoms with Crippen LogP contribution in [0.2, 0.25) is 0 Å². The summed E-state index contributed by atoms with van der Waals surface area (Å²) in [6, 6.07) is 0. The summed E-state index contributed by atoms with van der Waals surface area (Å²) in [5.41, 5.74) is 5.73. The number of hydrogen-bond acceptors (Lipinski definition) is 5. The summed E-state index contributed by atoms with van der Waals surface area (Å²) in [7, 11) is 0. The fourth-order valence-corrected chi connectivity index (χ4v) is 2.09. The Labute approximate surface area is 96.6 Å². The van der Waals surface area contributed by atoms with E-state index in [0.29, 0.717) is 23.5 Å². The smallest absolute Gasteiger partial charge is 0.348 e. The zero-order chi connectivity index (χ0) is 11.8. The normalized spacial score (nSPS) is 20.8. The van der Waals surface area contributed by atoms with Crippen molar-refractivity contribution >= 4 is 16.9 Å². The maximum absolute atomic E-state index is 11.3. The number of aromatic amines is 1. The minimum atomic E-state index is -0.465. The van der Waals surface area contributed by atoms with Gasteiger partial charge in [-0.3, -0.25) is 4.98 Å². The molecule has 0 bridgehead atoms. The molecular formula is C10H13N5O2. The summed E-state index contributed by atoms with van der Waals surface area (Å²) < 4.78 is 7.26. The molecule has 0 radical (unpaired) electrons. The summed E-state index contributed by atoms with van der Waals surface area (Å²) in [5.74, 6) is 0.294. The lowest BCUT2D eigenvalue weighted by Crippen LogP contribution is -2.21. The van der Waals surface area contributed by atoms with Gasteiger partial charge in [0.1, 0.15) is 5.82 Å². The van der Waals surface area contributed by atoms with Crippen LogP contribution in [-0.4, -0.2) is 26.4 Å². The van der Waals surface area contributed by atoms with Gasteiger partial charge in [0.25, 0.3) is 0 Å². The maximum Gasteiger partial charge on any atom is 0.348 e. The molecule has 2 aromatic heterocycles. The highest BCUT2D eigenvalue weighted by Gasteiger charge is 2.20. The third kappa shape index (κ3) is 1.68. The lowest BCUT2D eigenvalue weighted by Gasteiger charge is -2.22. The molecule has 0 aliphatic carbocycles. The van der Waals surface area contributed by atoms with Crippen molar-refractivity contribution in [3.63, 3.8) is 0 Å². The van der Waals surface area contributed by atoms with Gasteiger partial charge in [0.2, 0.25) is 0 Å². The Bertz CT molecular complexity index is 596. The Morgan fingerprint density at radius 3 is 3.18 bits per heavy atom. The molecule has 1 unspecified atom stereocenters. The average molecular weight is 235 g/mol. The van der Waals surface area contributed by atoms with Crippen molar-refractivity contribution in [2.75, 3.05) is 12.3 Å². The molecule has 1 saturated heterocycles. The standard InChI is InChI=1S/C10H13N5O2/c11-8-6-5-12-15(7-3-1-2-4-17-7)9(6)14-10(16)13-8/h5,7H,1-4H2,(H3,11,13,14,16). The number of nitrogens with zero attached hydrogens (tertiary/aromatic N) is 3. The van der Waals surface area contributed by atoms with Crippen molar-refractivity contribution in [3.8, 4) is 0 Å². The first-order valence-electron chi connectivity index (χ1n) is 5.60. The van der Waals surface area contributed by atoms with Crippen LogP contribution in [-0.2, 0) is 4.74 Å². The van der Waals surface area contributed by atoms with Crippen LogP contribution >= 0.6 is 0 Å². The summed E-state index contributed by atoms with van der Waals surface area (Å²) in [4.78, 5) is 17.7. The number of aromatic nitrogens is 4. The molecule has 0 spiro atoms. The van der Waals surface area contributed by atoms with Crippen LogP contribution < -0.4 is 11.4 Å². The summed E-state index contributed by atoms with van der Waals surface area (Å²) in [6.45, 7) is 0.713. The molecule has 3 N–H and O–H groups in total. The van der Waals surface area contributed by atoms with E-state index in [4.69, 9.17) is 10.5 Å². The fourth-order valence-electron chi connectivity index (χ4n) is 2.09. The zero-order valence-corrected chi connectivity index (χ0v) is 9.22. The summed E-state index contributed by atoms with van der Waals surface area (Å²) in [5, 5.41) is 4.86. The molecule has 90 valence electrons. The van der Waals surface area contributed by atoms with E-state index in [9.17, 15) is 4.79 Å². The van der Waals surface area contributed by atoms with E-state index in [2.05, 4.69) is 15.1 Å². The second-order valence-electron chi connectivity index (χ2n) is 4.10. The molecule has 1 atom stereocenters. The van der Waals surface area contributed by atoms with Gasteiger partial charge in [0, 0.05) is 6.61 Å². The molecule has 17 heavy (non-hydrogen) atoms. The van der Waals surface area contributed by atoms with Crippen LogP contribution in [0.25, 0.3) is 11.0 Å². The third-order valence-electron chi connectivity index (χ3n) is 2.94. The lowest BCUT2D eigenvalue weighted by molar-refractivity contribution is -0.0370. The number of nitrogens with two attached hydrogens (primary N) is 1. The van der Waals surface area contributed by atoms with Gasteiger partial charge >= 0.3 is 5.69 Å². The third-order valence-corrected chi connectivity index (χ3v) is 2.94. The van der Waals surface area contributed by atoms with Gasteiger partial charge < -0.3 is 10.5 Å². The van der Waals surface area contributed by atoms with Crippen molar-refractivity contribution in [2.24, 2.45) is 0 Å². The molecule has 0 aromatic carbocycles. The molecule has 0 amide bonds. The zero-order valence-electron chi connectivity index (χ0n) is 9.22. The Morgan fingerprint density at radius 1 is 1.53 bits per heavy atom. The van der Waals surface area contributed by atoms with Crippen LogP contribution in [0, 0.1) is 0 Å². The summed E-state index contributed by atoms with van der Waals surface area (Å²) >= 11 is 0. The van der Waals surface area contributed by atoms with Gasteiger partial charge in [0.05, 0.1) is 11.6 Å². The monoisotopic (exact) mass is 235 g/mol. The minimum Gasteiger partial charge on any atom is -0.384 e. The SMILES string of the molecule is Nc1[nH]c(=O)nc2c1cnn2C1CCCCO1. The highest BCUT2D eigenvalue weighted by atomic mass is 16.5. The predicted molar refractivity (Wildman–Crippen MR) is 61.4 cm³/mol. The van der Waals surface area contributed by atoms with Crippen molar-refractivity contribution in [1.82, 2.24) is 19.7 Å². The molecule has 3 rings (SSSR count). The molecule has 1 aliphatic heterocycles. The predicted octanol–water partition coefficient (Wildman–Crippen LogP) is 0.401. The van der Waals surface area contributed by atoms with E-state index >= 15 is 0 Å². The Kier molecular flexibility index (Phi) is 2.32. The van der Waals surface area contributed by atoms with E-state index < -0.39 is 5.69 Å². The van der Waals surface area contributed by atoms with Crippen LogP contribution in [0.3, 0.4) is 0 Å². The van der Waals surface area contributed by atoms with Crippen LogP contribution in [0.1, 0.15) is 25.5 Å². The van der Waals surface area contributed by atoms with E-state index in [1.807, 2.05) is 0 Å². The van der Waals surface area contributed by atoms with Crippen molar-refractivity contribution in [2.45, 2.75) is 25.5 Å². The first-order chi connectivity index (χ1) is 8.25. The van der Waals surface area contributed by atoms with Crippen LogP contribution in [0.5, 0.6) is 0 Å². The van der Waals surface area contributed by atoms with Gasteiger partial charge in [-0.05, 0) is 19.3 Å². The van der Waals surface area contributed by atoms with E-state index in [0.717, 1.165) is 19.3 Å². The molecule has 0 saturated carbocycles. The first-order valence-corrected chi connectivity index (χ1v) is 5.60. The van der Waals surface area contributed by atoms with Gasteiger partial charge in [-0.15, -0.1) is 0 Å². The number of fused-ring (bicyclic) bond motifs is 1. The van der Waals surface area contributed by atoms with Gasteiger partial charge in [-0.2, -0.15) is 10.1 Å². The number of hydrogen-bond donors (Lipinski definition) is 2. The van der Waals surface area contributed by atoms with Crippen molar-refractivity contribution < 1.29 is 4.74 Å². The number of rotatable bonds is 1. The molecule has 1 aliphatic rings.